The zero-order chi connectivity index (χ0) is 42.0. The first-order chi connectivity index (χ1) is 28.1. The molecule has 3 aromatic carbocycles. The van der Waals surface area contributed by atoms with Crippen LogP contribution in [0.5, 0.6) is 0 Å². The van der Waals surface area contributed by atoms with Gasteiger partial charge in [0.15, 0.2) is 0 Å². The second-order valence-electron chi connectivity index (χ2n) is 13.7. The summed E-state index contributed by atoms with van der Waals surface area (Å²) in [6, 6.07) is 22.8. The Bertz CT molecular complexity index is 1700. The smallest absolute Gasteiger partial charge is 0.408 e. The maximum Gasteiger partial charge on any atom is 0.408 e. The average Bonchev–Trinajstić information content (AvgIpc) is 3.23. The number of amides is 6. The number of alkyl carbamates (subject to hydrolysis) is 2. The molecule has 4 atom stereocenters. The fraction of sp³-hybridized carbons (Fsp3) is 0.429. The van der Waals surface area contributed by atoms with Crippen LogP contribution in [-0.2, 0) is 48.3 Å². The predicted octanol–water partition coefficient (Wildman–Crippen LogP) is 2.43. The first kappa shape index (κ1) is 46.4. The lowest BCUT2D eigenvalue weighted by Crippen LogP contribution is -2.57. The van der Waals surface area contributed by atoms with E-state index in [0.717, 1.165) is 16.7 Å². The van der Waals surface area contributed by atoms with Gasteiger partial charge in [0.05, 0.1) is 0 Å². The molecule has 0 radical (unpaired) electrons. The third-order valence-electron chi connectivity index (χ3n) is 9.08. The monoisotopic (exact) mass is 802 g/mol. The van der Waals surface area contributed by atoms with E-state index >= 15 is 0 Å². The van der Waals surface area contributed by atoms with Gasteiger partial charge in [-0.2, -0.15) is 0 Å². The summed E-state index contributed by atoms with van der Waals surface area (Å²) in [5.74, 6) is -2.58. The van der Waals surface area contributed by atoms with Crippen LogP contribution in [-0.4, -0.2) is 79.6 Å². The third kappa shape index (κ3) is 18.3. The van der Waals surface area contributed by atoms with E-state index in [1.165, 1.54) is 0 Å². The number of hydrogen-bond donors (Lipinski definition) is 8. The number of carbonyl (C=O) groups is 6. The molecule has 0 saturated heterocycles. The second-order valence-corrected chi connectivity index (χ2v) is 13.7. The number of nitrogens with one attached hydrogen (secondary N) is 5. The van der Waals surface area contributed by atoms with Gasteiger partial charge in [-0.3, -0.25) is 19.2 Å². The quantitative estimate of drug-likeness (QED) is 0.0550. The Kier molecular flexibility index (Phi) is 21.4. The van der Waals surface area contributed by atoms with E-state index in [9.17, 15) is 28.8 Å². The molecular weight excluding hydrogens is 745 g/mol. The van der Waals surface area contributed by atoms with Crippen molar-refractivity contribution in [2.75, 3.05) is 19.6 Å². The van der Waals surface area contributed by atoms with Crippen molar-refractivity contribution in [3.05, 3.63) is 108 Å². The second kappa shape index (κ2) is 26.8. The molecule has 0 aliphatic heterocycles. The number of benzene rings is 3. The van der Waals surface area contributed by atoms with Gasteiger partial charge in [-0.1, -0.05) is 91.0 Å². The summed E-state index contributed by atoms with van der Waals surface area (Å²) in [5.41, 5.74) is 19.3. The summed E-state index contributed by atoms with van der Waals surface area (Å²) in [6.45, 7) is 0.869. The van der Waals surface area contributed by atoms with Crippen LogP contribution in [0.3, 0.4) is 0 Å². The highest BCUT2D eigenvalue weighted by Gasteiger charge is 2.30. The molecule has 16 heteroatoms. The molecule has 6 amide bonds. The first-order valence-electron chi connectivity index (χ1n) is 19.7. The highest BCUT2D eigenvalue weighted by molar-refractivity contribution is 5.93. The summed E-state index contributed by atoms with van der Waals surface area (Å²) in [4.78, 5) is 78.7. The molecule has 0 bridgehead atoms. The Labute approximate surface area is 339 Å². The molecule has 16 nitrogen and oxygen atoms in total. The molecule has 0 aromatic heterocycles. The lowest BCUT2D eigenvalue weighted by molar-refractivity contribution is -0.132. The Morgan fingerprint density at radius 2 is 0.879 bits per heavy atom. The Balaban J connectivity index is 1.69. The van der Waals surface area contributed by atoms with Gasteiger partial charge < -0.3 is 53.3 Å². The molecule has 58 heavy (non-hydrogen) atoms. The highest BCUT2D eigenvalue weighted by atomic mass is 16.6. The number of unbranched alkanes of at least 4 members (excludes halogenated alkanes) is 2. The van der Waals surface area contributed by atoms with Gasteiger partial charge in [0.25, 0.3) is 0 Å². The van der Waals surface area contributed by atoms with E-state index in [1.807, 2.05) is 54.6 Å². The molecular formula is C42H58N8O8. The largest absolute Gasteiger partial charge is 0.445 e. The Hall–Kier alpha value is -6.00. The molecule has 3 rings (SSSR count). The van der Waals surface area contributed by atoms with Crippen LogP contribution in [0.2, 0.25) is 0 Å². The van der Waals surface area contributed by atoms with Crippen molar-refractivity contribution in [2.24, 2.45) is 17.2 Å². The zero-order valence-electron chi connectivity index (χ0n) is 32.9. The average molecular weight is 803 g/mol. The number of nitrogens with two attached hydrogens (primary N) is 3. The topological polar surface area (TPSA) is 259 Å². The molecule has 0 spiro atoms. The first-order valence-corrected chi connectivity index (χ1v) is 19.7. The van der Waals surface area contributed by atoms with Crippen LogP contribution in [0.1, 0.15) is 68.1 Å². The number of ether oxygens (including phenoxy) is 2. The van der Waals surface area contributed by atoms with Crippen molar-refractivity contribution < 1.29 is 38.2 Å². The van der Waals surface area contributed by atoms with Gasteiger partial charge in [0, 0.05) is 13.0 Å². The molecule has 314 valence electrons. The fourth-order valence-electron chi connectivity index (χ4n) is 5.86. The predicted molar refractivity (Wildman–Crippen MR) is 218 cm³/mol. The SMILES string of the molecule is NCCCC[C@H](NC(=O)OCc1ccccc1)C(=O)NCCC[C@H](NC(=O)[C@H](CCCCN)NC(=O)OCc1ccccc1)C(=O)N[C@@H](Cc1ccccc1)C(N)=O. The van der Waals surface area contributed by atoms with Crippen molar-refractivity contribution in [3.8, 4) is 0 Å². The molecule has 11 N–H and O–H groups in total. The molecule has 0 unspecified atom stereocenters. The van der Waals surface area contributed by atoms with Crippen LogP contribution >= 0.6 is 0 Å². The third-order valence-corrected chi connectivity index (χ3v) is 9.08. The maximum absolute atomic E-state index is 13.8. The van der Waals surface area contributed by atoms with Crippen molar-refractivity contribution in [1.82, 2.24) is 26.6 Å². The van der Waals surface area contributed by atoms with E-state index in [2.05, 4.69) is 26.6 Å². The molecule has 0 aliphatic carbocycles. The van der Waals surface area contributed by atoms with Crippen LogP contribution in [0, 0.1) is 0 Å². The highest BCUT2D eigenvalue weighted by Crippen LogP contribution is 2.09. The number of carbonyl (C=O) groups excluding carboxylic acids is 6. The standard InChI is InChI=1S/C42H58N8O8/c43-24-12-10-21-33(49-41(55)57-28-31-17-6-2-7-18-31)38(52)46-26-14-23-34(39(53)48-36(37(45)51)27-30-15-4-1-5-16-30)47-40(54)35(22-11-13-25-44)50-42(56)58-29-32-19-8-3-9-20-32/h1-9,15-20,33-36H,10-14,21-29,43-44H2,(H2,45,51)(H,46,52)(H,47,54)(H,48,53)(H,49,55)(H,50,56)/t33-,34-,35-,36-/m0/s1. The van der Waals surface area contributed by atoms with Crippen molar-refractivity contribution in [2.45, 2.75) is 95.2 Å². The van der Waals surface area contributed by atoms with Crippen molar-refractivity contribution in [1.29, 1.82) is 0 Å². The van der Waals surface area contributed by atoms with E-state index in [4.69, 9.17) is 26.7 Å². The fourth-order valence-corrected chi connectivity index (χ4v) is 5.86. The van der Waals surface area contributed by atoms with E-state index in [1.54, 1.807) is 36.4 Å². The molecule has 0 saturated carbocycles. The summed E-state index contributed by atoms with van der Waals surface area (Å²) in [6.07, 6.45) is 1.57. The number of rotatable bonds is 26. The number of primary amides is 1. The number of hydrogen-bond acceptors (Lipinski definition) is 10. The van der Waals surface area contributed by atoms with E-state index in [0.29, 0.717) is 45.2 Å². The molecule has 0 fully saturated rings. The maximum atomic E-state index is 13.8. The van der Waals surface area contributed by atoms with Gasteiger partial charge in [-0.25, -0.2) is 9.59 Å². The summed E-state index contributed by atoms with van der Waals surface area (Å²) < 4.78 is 10.7. The van der Waals surface area contributed by atoms with Gasteiger partial charge in [-0.15, -0.1) is 0 Å². The Morgan fingerprint density at radius 1 is 0.483 bits per heavy atom. The van der Waals surface area contributed by atoms with Gasteiger partial charge in [0.1, 0.15) is 37.4 Å². The van der Waals surface area contributed by atoms with Gasteiger partial charge >= 0.3 is 12.2 Å². The van der Waals surface area contributed by atoms with E-state index < -0.39 is 60.0 Å². The minimum Gasteiger partial charge on any atom is -0.445 e. The summed E-state index contributed by atoms with van der Waals surface area (Å²) >= 11 is 0. The molecule has 3 aromatic rings. The minimum atomic E-state index is -1.20. The molecule has 0 aliphatic rings. The lowest BCUT2D eigenvalue weighted by atomic mass is 10.0. The van der Waals surface area contributed by atoms with Crippen LogP contribution in [0.4, 0.5) is 9.59 Å². The van der Waals surface area contributed by atoms with Crippen LogP contribution in [0.15, 0.2) is 91.0 Å². The summed E-state index contributed by atoms with van der Waals surface area (Å²) in [7, 11) is 0. The molecule has 0 heterocycles. The minimum absolute atomic E-state index is 0.0191. The zero-order valence-corrected chi connectivity index (χ0v) is 32.9. The van der Waals surface area contributed by atoms with Gasteiger partial charge in [0.2, 0.25) is 23.6 Å². The summed E-state index contributed by atoms with van der Waals surface area (Å²) in [5, 5.41) is 13.4. The van der Waals surface area contributed by atoms with E-state index in [-0.39, 0.29) is 45.4 Å². The van der Waals surface area contributed by atoms with Crippen LogP contribution < -0.4 is 43.8 Å². The van der Waals surface area contributed by atoms with Gasteiger partial charge in [-0.05, 0) is 81.1 Å². The normalized spacial score (nSPS) is 12.8. The van der Waals surface area contributed by atoms with Crippen LogP contribution in [0.25, 0.3) is 0 Å². The van der Waals surface area contributed by atoms with Crippen molar-refractivity contribution in [3.63, 3.8) is 0 Å². The Morgan fingerprint density at radius 3 is 1.33 bits per heavy atom. The van der Waals surface area contributed by atoms with Crippen molar-refractivity contribution >= 4 is 35.8 Å². The lowest BCUT2D eigenvalue weighted by Gasteiger charge is -2.25.